The highest BCUT2D eigenvalue weighted by molar-refractivity contribution is 9.10. The zero-order chi connectivity index (χ0) is 30.2. The second kappa shape index (κ2) is 9.80. The first-order valence-corrected chi connectivity index (χ1v) is 14.9. The molecule has 4 aromatic heterocycles. The minimum Gasteiger partial charge on any atom is -0.337 e. The molecule has 5 aromatic rings. The van der Waals surface area contributed by atoms with Gasteiger partial charge in [-0.3, -0.25) is 19.4 Å². The molecule has 2 amide bonds. The van der Waals surface area contributed by atoms with Gasteiger partial charge in [0.1, 0.15) is 17.2 Å². The number of amides is 2. The number of nitrogens with one attached hydrogen (secondary N) is 1. The Kier molecular flexibility index (Phi) is 6.24. The van der Waals surface area contributed by atoms with E-state index in [0.29, 0.717) is 22.4 Å². The normalized spacial score (nSPS) is 20.9. The summed E-state index contributed by atoms with van der Waals surface area (Å²) in [5, 5.41) is 8.08. The fourth-order valence-corrected chi connectivity index (χ4v) is 6.88. The Labute approximate surface area is 255 Å². The zero-order valence-electron chi connectivity index (χ0n) is 24.1. The molecule has 0 spiro atoms. The molecule has 0 bridgehead atoms. The molecule has 0 unspecified atom stereocenters. The van der Waals surface area contributed by atoms with E-state index >= 15 is 0 Å². The Balaban J connectivity index is 1.21. The summed E-state index contributed by atoms with van der Waals surface area (Å²) < 4.78 is 4.10. The van der Waals surface area contributed by atoms with E-state index in [2.05, 4.69) is 48.2 Å². The monoisotopic (exact) mass is 640 g/mol. The Hall–Kier alpha value is -4.45. The van der Waals surface area contributed by atoms with Crippen molar-refractivity contribution in [2.75, 3.05) is 5.32 Å². The molecule has 5 heterocycles. The molecule has 2 fully saturated rings. The van der Waals surface area contributed by atoms with Crippen molar-refractivity contribution < 1.29 is 14.4 Å². The predicted octanol–water partition coefficient (Wildman–Crippen LogP) is 4.74. The van der Waals surface area contributed by atoms with Crippen molar-refractivity contribution in [3.63, 3.8) is 0 Å². The fraction of sp³-hybridized carbons (Fsp3) is 0.323. The van der Waals surface area contributed by atoms with E-state index in [4.69, 9.17) is 0 Å². The lowest BCUT2D eigenvalue weighted by Crippen LogP contribution is -2.46. The third kappa shape index (κ3) is 4.69. The number of aromatic nitrogens is 6. The number of likely N-dealkylation sites (tertiary alicyclic amines) is 1. The third-order valence-corrected chi connectivity index (χ3v) is 9.08. The molecule has 7 rings (SSSR count). The van der Waals surface area contributed by atoms with Gasteiger partial charge in [-0.15, -0.1) is 0 Å². The number of carbonyl (C=O) groups is 3. The highest BCUT2D eigenvalue weighted by Gasteiger charge is 2.64. The fourth-order valence-electron chi connectivity index (χ4n) is 6.57. The van der Waals surface area contributed by atoms with Crippen LogP contribution < -0.4 is 5.32 Å². The maximum atomic E-state index is 14.0. The van der Waals surface area contributed by atoms with Crippen molar-refractivity contribution in [3.8, 4) is 11.1 Å². The standard InChI is InChI=1S/C31H29BrN8O3/c1-16-5-19(20-10-34-27-6-17(2)37-39(27)13-20)7-21-22(18(3)41)14-38(29(16)21)15-28(42)40-23(8-31(4)9-24(31)40)30(43)36-26-12-33-11-25(32)35-26/h5-7,10-14,23-24H,8-9,15H2,1-4H3,(H,35,36,43)/t23-,24+,31-/m0/s1. The molecule has 1 saturated carbocycles. The van der Waals surface area contributed by atoms with Crippen LogP contribution in [-0.4, -0.2) is 63.7 Å². The average Bonchev–Trinajstić information content (AvgIpc) is 3.23. The van der Waals surface area contributed by atoms with Crippen molar-refractivity contribution in [2.45, 2.75) is 59.2 Å². The van der Waals surface area contributed by atoms with Gasteiger partial charge in [0.05, 0.1) is 23.6 Å². The van der Waals surface area contributed by atoms with Crippen molar-refractivity contribution >= 4 is 55.9 Å². The van der Waals surface area contributed by atoms with E-state index in [1.807, 2.05) is 42.8 Å². The molecule has 43 heavy (non-hydrogen) atoms. The van der Waals surface area contributed by atoms with Crippen LogP contribution >= 0.6 is 15.9 Å². The largest absolute Gasteiger partial charge is 0.337 e. The molecular formula is C31H29BrN8O3. The summed E-state index contributed by atoms with van der Waals surface area (Å²) in [7, 11) is 0. The number of benzene rings is 1. The second-order valence-corrected chi connectivity index (χ2v) is 12.8. The van der Waals surface area contributed by atoms with Crippen LogP contribution in [0.1, 0.15) is 48.3 Å². The molecule has 1 saturated heterocycles. The highest BCUT2D eigenvalue weighted by atomic mass is 79.9. The quantitative estimate of drug-likeness (QED) is 0.266. The smallest absolute Gasteiger partial charge is 0.248 e. The number of hydrogen-bond donors (Lipinski definition) is 1. The Morgan fingerprint density at radius 2 is 1.88 bits per heavy atom. The van der Waals surface area contributed by atoms with Crippen LogP contribution in [0.3, 0.4) is 0 Å². The lowest BCUT2D eigenvalue weighted by Gasteiger charge is -2.27. The lowest BCUT2D eigenvalue weighted by molar-refractivity contribution is -0.138. The lowest BCUT2D eigenvalue weighted by atomic mass is 10.0. The van der Waals surface area contributed by atoms with Crippen LogP contribution in [0.15, 0.2) is 53.8 Å². The maximum absolute atomic E-state index is 14.0. The first-order chi connectivity index (χ1) is 20.5. The molecule has 3 atom stereocenters. The molecule has 1 aliphatic carbocycles. The number of fused-ring (bicyclic) bond motifs is 3. The second-order valence-electron chi connectivity index (χ2n) is 12.0. The van der Waals surface area contributed by atoms with E-state index in [1.165, 1.54) is 19.3 Å². The van der Waals surface area contributed by atoms with Gasteiger partial charge in [-0.1, -0.05) is 6.92 Å². The van der Waals surface area contributed by atoms with Crippen LogP contribution in [-0.2, 0) is 16.1 Å². The van der Waals surface area contributed by atoms with E-state index in [-0.39, 0.29) is 35.6 Å². The number of hydrogen-bond acceptors (Lipinski definition) is 7. The van der Waals surface area contributed by atoms with Crippen LogP contribution in [0, 0.1) is 19.3 Å². The molecule has 1 N–H and O–H groups in total. The van der Waals surface area contributed by atoms with Gasteiger partial charge in [-0.2, -0.15) is 5.10 Å². The Morgan fingerprint density at radius 1 is 1.07 bits per heavy atom. The summed E-state index contributed by atoms with van der Waals surface area (Å²) in [5.74, 6) is -0.212. The van der Waals surface area contributed by atoms with Gasteiger partial charge in [0.15, 0.2) is 17.2 Å². The van der Waals surface area contributed by atoms with Crippen molar-refractivity contribution in [3.05, 3.63) is 70.6 Å². The minimum absolute atomic E-state index is 0.000466. The number of halogens is 1. The Morgan fingerprint density at radius 3 is 2.65 bits per heavy atom. The first kappa shape index (κ1) is 27.4. The number of rotatable bonds is 6. The average molecular weight is 642 g/mol. The number of Topliss-reactive ketones (excluding diaryl/α,β-unsaturated/α-hetero) is 1. The van der Waals surface area contributed by atoms with Gasteiger partial charge in [0.25, 0.3) is 0 Å². The molecule has 218 valence electrons. The molecule has 0 radical (unpaired) electrons. The summed E-state index contributed by atoms with van der Waals surface area (Å²) in [5.41, 5.74) is 5.60. The SMILES string of the molecule is CC(=O)c1cn(CC(=O)N2[C@H](C(=O)Nc3cncc(Br)n3)C[C@@]3(C)C[C@@H]23)c2c(C)cc(-c3cnc4cc(C)nn4c3)cc12. The number of carbonyl (C=O) groups excluding carboxylic acids is 3. The summed E-state index contributed by atoms with van der Waals surface area (Å²) >= 11 is 3.28. The summed E-state index contributed by atoms with van der Waals surface area (Å²) in [6.45, 7) is 7.56. The number of piperidine rings is 1. The summed E-state index contributed by atoms with van der Waals surface area (Å²) in [6, 6.07) is 5.31. The van der Waals surface area contributed by atoms with E-state index in [9.17, 15) is 14.4 Å². The van der Waals surface area contributed by atoms with Crippen molar-refractivity contribution in [2.24, 2.45) is 5.41 Å². The first-order valence-electron chi connectivity index (χ1n) is 14.1. The van der Waals surface area contributed by atoms with Crippen molar-refractivity contribution in [1.29, 1.82) is 0 Å². The predicted molar refractivity (Wildman–Crippen MR) is 164 cm³/mol. The molecular weight excluding hydrogens is 612 g/mol. The number of anilines is 1. The van der Waals surface area contributed by atoms with Gasteiger partial charge in [0, 0.05) is 47.2 Å². The van der Waals surface area contributed by atoms with Gasteiger partial charge in [-0.05, 0) is 78.2 Å². The topological polar surface area (TPSA) is 127 Å². The van der Waals surface area contributed by atoms with Crippen LogP contribution in [0.2, 0.25) is 0 Å². The van der Waals surface area contributed by atoms with E-state index in [0.717, 1.165) is 45.4 Å². The Bertz CT molecular complexity index is 2000. The zero-order valence-corrected chi connectivity index (χ0v) is 25.7. The summed E-state index contributed by atoms with van der Waals surface area (Å²) in [4.78, 5) is 54.7. The highest BCUT2D eigenvalue weighted by Crippen LogP contribution is 2.59. The van der Waals surface area contributed by atoms with Crippen LogP contribution in [0.4, 0.5) is 5.82 Å². The molecule has 1 aliphatic heterocycles. The third-order valence-electron chi connectivity index (χ3n) is 8.70. The molecule has 12 heteroatoms. The molecule has 1 aromatic carbocycles. The van der Waals surface area contributed by atoms with E-state index < -0.39 is 6.04 Å². The van der Waals surface area contributed by atoms with Crippen LogP contribution in [0.25, 0.3) is 27.7 Å². The van der Waals surface area contributed by atoms with Gasteiger partial charge in [-0.25, -0.2) is 14.5 Å². The number of nitrogens with zero attached hydrogens (tertiary/aromatic N) is 7. The van der Waals surface area contributed by atoms with Gasteiger partial charge < -0.3 is 14.8 Å². The minimum atomic E-state index is -0.618. The summed E-state index contributed by atoms with van der Waals surface area (Å²) in [6.07, 6.45) is 9.94. The maximum Gasteiger partial charge on any atom is 0.248 e. The van der Waals surface area contributed by atoms with Crippen molar-refractivity contribution in [1.82, 2.24) is 34.0 Å². The molecule has 2 aliphatic rings. The number of ketones is 1. The molecule has 11 nitrogen and oxygen atoms in total. The number of aryl methyl sites for hydroxylation is 2. The van der Waals surface area contributed by atoms with Gasteiger partial charge in [0.2, 0.25) is 11.8 Å². The van der Waals surface area contributed by atoms with Crippen LogP contribution in [0.5, 0.6) is 0 Å². The van der Waals surface area contributed by atoms with Gasteiger partial charge >= 0.3 is 0 Å². The van der Waals surface area contributed by atoms with E-state index in [1.54, 1.807) is 21.8 Å².